The Bertz CT molecular complexity index is 879. The lowest BCUT2D eigenvalue weighted by Gasteiger charge is -2.03. The summed E-state index contributed by atoms with van der Waals surface area (Å²) in [5.41, 5.74) is 0.908. The first-order valence-electron chi connectivity index (χ1n) is 6.13. The molecule has 0 saturated heterocycles. The number of benzene rings is 2. The monoisotopic (exact) mass is 284 g/mol. The molecule has 0 bridgehead atoms. The van der Waals surface area contributed by atoms with Crippen molar-refractivity contribution in [2.24, 2.45) is 0 Å². The SMILES string of the molecule is Cc1ccc(Sc2ccc3[nH]c(=O)[nH]c(=O)c3c2)cc1. The fourth-order valence-corrected chi connectivity index (χ4v) is 2.81. The van der Waals surface area contributed by atoms with E-state index in [-0.39, 0.29) is 5.56 Å². The number of fused-ring (bicyclic) bond motifs is 1. The van der Waals surface area contributed by atoms with Crippen LogP contribution in [0.3, 0.4) is 0 Å². The van der Waals surface area contributed by atoms with Crippen molar-refractivity contribution >= 4 is 22.7 Å². The fraction of sp³-hybridized carbons (Fsp3) is 0.0667. The zero-order valence-electron chi connectivity index (χ0n) is 10.8. The van der Waals surface area contributed by atoms with Crippen LogP contribution in [0.5, 0.6) is 0 Å². The summed E-state index contributed by atoms with van der Waals surface area (Å²) in [7, 11) is 0. The molecule has 100 valence electrons. The quantitative estimate of drug-likeness (QED) is 0.760. The van der Waals surface area contributed by atoms with Gasteiger partial charge in [0.05, 0.1) is 10.9 Å². The minimum Gasteiger partial charge on any atom is -0.307 e. The minimum atomic E-state index is -0.485. The second kappa shape index (κ2) is 5.02. The van der Waals surface area contributed by atoms with Crippen LogP contribution in [0.4, 0.5) is 0 Å². The Balaban J connectivity index is 2.03. The molecule has 2 N–H and O–H groups in total. The number of rotatable bonds is 2. The van der Waals surface area contributed by atoms with Gasteiger partial charge in [-0.1, -0.05) is 29.5 Å². The highest BCUT2D eigenvalue weighted by molar-refractivity contribution is 7.99. The molecule has 4 nitrogen and oxygen atoms in total. The zero-order valence-corrected chi connectivity index (χ0v) is 11.6. The summed E-state index contributed by atoms with van der Waals surface area (Å²) in [6, 6.07) is 13.6. The topological polar surface area (TPSA) is 65.7 Å². The first-order valence-corrected chi connectivity index (χ1v) is 6.94. The van der Waals surface area contributed by atoms with Crippen molar-refractivity contribution < 1.29 is 0 Å². The Labute approximate surface area is 118 Å². The first-order chi connectivity index (χ1) is 9.61. The van der Waals surface area contributed by atoms with Crippen LogP contribution in [-0.2, 0) is 0 Å². The third-order valence-corrected chi connectivity index (χ3v) is 3.97. The number of aromatic amines is 2. The normalized spacial score (nSPS) is 10.8. The molecule has 5 heteroatoms. The van der Waals surface area contributed by atoms with Crippen LogP contribution in [0.25, 0.3) is 10.9 Å². The van der Waals surface area contributed by atoms with Gasteiger partial charge >= 0.3 is 5.69 Å². The van der Waals surface area contributed by atoms with Gasteiger partial charge < -0.3 is 4.98 Å². The molecule has 3 aromatic rings. The van der Waals surface area contributed by atoms with E-state index in [2.05, 4.69) is 9.97 Å². The lowest BCUT2D eigenvalue weighted by atomic mass is 10.2. The molecule has 1 aromatic heterocycles. The fourth-order valence-electron chi connectivity index (χ4n) is 1.95. The van der Waals surface area contributed by atoms with Crippen molar-refractivity contribution in [1.82, 2.24) is 9.97 Å². The maximum atomic E-state index is 11.8. The molecule has 0 radical (unpaired) electrons. The number of nitrogens with one attached hydrogen (secondary N) is 2. The van der Waals surface area contributed by atoms with Gasteiger partial charge in [-0.3, -0.25) is 9.78 Å². The molecular weight excluding hydrogens is 272 g/mol. The number of hydrogen-bond donors (Lipinski definition) is 2. The molecule has 0 aliphatic carbocycles. The molecule has 0 spiro atoms. The number of hydrogen-bond acceptors (Lipinski definition) is 3. The smallest absolute Gasteiger partial charge is 0.307 e. The van der Waals surface area contributed by atoms with Gasteiger partial charge in [-0.15, -0.1) is 0 Å². The molecule has 2 aromatic carbocycles. The van der Waals surface area contributed by atoms with E-state index in [4.69, 9.17) is 0 Å². The van der Waals surface area contributed by atoms with Crippen molar-refractivity contribution in [2.45, 2.75) is 16.7 Å². The summed E-state index contributed by atoms with van der Waals surface area (Å²) in [4.78, 5) is 29.9. The first kappa shape index (κ1) is 12.7. The molecule has 0 aliphatic rings. The van der Waals surface area contributed by atoms with Crippen molar-refractivity contribution in [2.75, 3.05) is 0 Å². The van der Waals surface area contributed by atoms with E-state index in [9.17, 15) is 9.59 Å². The Morgan fingerprint density at radius 3 is 2.35 bits per heavy atom. The summed E-state index contributed by atoms with van der Waals surface area (Å²) in [5.74, 6) is 0. The molecule has 0 atom stereocenters. The van der Waals surface area contributed by atoms with E-state index in [0.717, 1.165) is 9.79 Å². The van der Waals surface area contributed by atoms with E-state index < -0.39 is 5.69 Å². The maximum Gasteiger partial charge on any atom is 0.326 e. The van der Waals surface area contributed by atoms with Crippen LogP contribution in [0.1, 0.15) is 5.56 Å². The van der Waals surface area contributed by atoms with Crippen molar-refractivity contribution in [3.05, 3.63) is 68.9 Å². The molecule has 3 rings (SSSR count). The van der Waals surface area contributed by atoms with Gasteiger partial charge in [-0.25, -0.2) is 4.79 Å². The average Bonchev–Trinajstić information content (AvgIpc) is 2.42. The second-order valence-electron chi connectivity index (χ2n) is 4.53. The summed E-state index contributed by atoms with van der Waals surface area (Å²) in [5, 5.41) is 0.488. The molecule has 0 amide bonds. The van der Waals surface area contributed by atoms with Gasteiger partial charge in [-0.2, -0.15) is 0 Å². The average molecular weight is 284 g/mol. The maximum absolute atomic E-state index is 11.8. The Hall–Kier alpha value is -2.27. The Morgan fingerprint density at radius 1 is 0.900 bits per heavy atom. The lowest BCUT2D eigenvalue weighted by Crippen LogP contribution is -2.21. The standard InChI is InChI=1S/C15H12N2O2S/c1-9-2-4-10(5-3-9)20-11-6-7-13-12(8-11)14(18)17-15(19)16-13/h2-8H,1H3,(H2,16,17,18,19). The van der Waals surface area contributed by atoms with Gasteiger partial charge in [0, 0.05) is 9.79 Å². The van der Waals surface area contributed by atoms with Gasteiger partial charge in [0.2, 0.25) is 0 Å². The van der Waals surface area contributed by atoms with Gasteiger partial charge in [0.1, 0.15) is 0 Å². The van der Waals surface area contributed by atoms with Crippen LogP contribution in [-0.4, -0.2) is 9.97 Å². The molecule has 0 aliphatic heterocycles. The molecule has 0 saturated carbocycles. The van der Waals surface area contributed by atoms with Crippen molar-refractivity contribution in [3.63, 3.8) is 0 Å². The third-order valence-electron chi connectivity index (χ3n) is 2.97. The summed E-state index contributed by atoms with van der Waals surface area (Å²) >= 11 is 1.58. The lowest BCUT2D eigenvalue weighted by molar-refractivity contribution is 1.08. The Morgan fingerprint density at radius 2 is 1.60 bits per heavy atom. The highest BCUT2D eigenvalue weighted by Gasteiger charge is 2.03. The summed E-state index contributed by atoms with van der Waals surface area (Å²) in [6.45, 7) is 2.04. The zero-order chi connectivity index (χ0) is 14.1. The highest BCUT2D eigenvalue weighted by atomic mass is 32.2. The summed E-state index contributed by atoms with van der Waals surface area (Å²) < 4.78 is 0. The van der Waals surface area contributed by atoms with Crippen molar-refractivity contribution in [3.8, 4) is 0 Å². The van der Waals surface area contributed by atoms with E-state index >= 15 is 0 Å². The number of H-pyrrole nitrogens is 2. The molecular formula is C15H12N2O2S. The Kier molecular flexibility index (Phi) is 3.20. The van der Waals surface area contributed by atoms with Crippen LogP contribution < -0.4 is 11.2 Å². The molecule has 0 fully saturated rings. The van der Waals surface area contributed by atoms with Gasteiger partial charge in [0.15, 0.2) is 0 Å². The van der Waals surface area contributed by atoms with E-state index in [1.54, 1.807) is 23.9 Å². The highest BCUT2D eigenvalue weighted by Crippen LogP contribution is 2.28. The third kappa shape index (κ3) is 2.53. The molecule has 1 heterocycles. The van der Waals surface area contributed by atoms with Crippen LogP contribution in [0.15, 0.2) is 61.8 Å². The van der Waals surface area contributed by atoms with Gasteiger partial charge in [-0.05, 0) is 37.3 Å². The van der Waals surface area contributed by atoms with E-state index in [1.165, 1.54) is 5.56 Å². The van der Waals surface area contributed by atoms with Gasteiger partial charge in [0.25, 0.3) is 5.56 Å². The minimum absolute atomic E-state index is 0.366. The van der Waals surface area contributed by atoms with Crippen LogP contribution >= 0.6 is 11.8 Å². The number of aromatic nitrogens is 2. The second-order valence-corrected chi connectivity index (χ2v) is 5.68. The van der Waals surface area contributed by atoms with Crippen LogP contribution in [0.2, 0.25) is 0 Å². The predicted octanol–water partition coefficient (Wildman–Crippen LogP) is 2.68. The van der Waals surface area contributed by atoms with E-state index in [0.29, 0.717) is 10.9 Å². The molecule has 20 heavy (non-hydrogen) atoms. The predicted molar refractivity (Wildman–Crippen MR) is 80.5 cm³/mol. The number of aryl methyl sites for hydroxylation is 1. The molecule has 0 unspecified atom stereocenters. The van der Waals surface area contributed by atoms with E-state index in [1.807, 2.05) is 37.3 Å². The van der Waals surface area contributed by atoms with Crippen LogP contribution in [0, 0.1) is 6.92 Å². The largest absolute Gasteiger partial charge is 0.326 e. The van der Waals surface area contributed by atoms with Crippen molar-refractivity contribution in [1.29, 1.82) is 0 Å². The summed E-state index contributed by atoms with van der Waals surface area (Å²) in [6.07, 6.45) is 0.